The first-order valence-electron chi connectivity index (χ1n) is 5.46. The molecular formula is C12H18F2N2. The molecule has 0 saturated carbocycles. The number of hydrogen-bond donors (Lipinski definition) is 2. The molecule has 2 atom stereocenters. The lowest BCUT2D eigenvalue weighted by Gasteiger charge is -2.22. The highest BCUT2D eigenvalue weighted by molar-refractivity contribution is 5.67. The molecule has 1 rings (SSSR count). The second-order valence-electron chi connectivity index (χ2n) is 4.17. The van der Waals surface area contributed by atoms with E-state index in [1.807, 2.05) is 6.92 Å². The second kappa shape index (κ2) is 5.14. The maximum Gasteiger partial charge on any atom is 0.151 e. The number of nitrogens with two attached hydrogens (primary N) is 1. The fraction of sp³-hybridized carbons (Fsp3) is 0.500. The summed E-state index contributed by atoms with van der Waals surface area (Å²) in [6, 6.07) is 2.12. The number of rotatable bonds is 4. The Labute approximate surface area is 94.8 Å². The molecule has 3 N–H and O–H groups in total. The molecule has 0 radical (unpaired) electrons. The molecule has 0 fully saturated rings. The van der Waals surface area contributed by atoms with Crippen LogP contribution in [0.1, 0.15) is 27.2 Å². The summed E-state index contributed by atoms with van der Waals surface area (Å²) in [5.41, 5.74) is 5.83. The zero-order valence-corrected chi connectivity index (χ0v) is 9.85. The van der Waals surface area contributed by atoms with E-state index in [1.54, 1.807) is 0 Å². The molecule has 4 heteroatoms. The average molecular weight is 228 g/mol. The first kappa shape index (κ1) is 12.7. The van der Waals surface area contributed by atoms with E-state index in [0.717, 1.165) is 12.5 Å². The summed E-state index contributed by atoms with van der Waals surface area (Å²) in [6.07, 6.45) is 0.992. The summed E-state index contributed by atoms with van der Waals surface area (Å²) in [6.45, 7) is 6.11. The monoisotopic (exact) mass is 228 g/mol. The maximum absolute atomic E-state index is 13.2. The smallest absolute Gasteiger partial charge is 0.151 e. The molecule has 90 valence electrons. The van der Waals surface area contributed by atoms with Gasteiger partial charge in [-0.15, -0.1) is 0 Å². The van der Waals surface area contributed by atoms with Crippen molar-refractivity contribution in [2.45, 2.75) is 33.2 Å². The highest BCUT2D eigenvalue weighted by atomic mass is 19.1. The molecule has 0 aliphatic rings. The molecule has 0 bridgehead atoms. The van der Waals surface area contributed by atoms with Gasteiger partial charge in [0.25, 0.3) is 0 Å². The molecule has 0 saturated heterocycles. The van der Waals surface area contributed by atoms with Crippen molar-refractivity contribution in [3.05, 3.63) is 23.8 Å². The Kier molecular flexibility index (Phi) is 4.10. The Bertz CT molecular complexity index is 366. The summed E-state index contributed by atoms with van der Waals surface area (Å²) in [7, 11) is 0. The minimum atomic E-state index is -0.723. The van der Waals surface area contributed by atoms with Crippen molar-refractivity contribution in [3.8, 4) is 0 Å². The van der Waals surface area contributed by atoms with Crippen molar-refractivity contribution < 1.29 is 8.78 Å². The second-order valence-corrected chi connectivity index (χ2v) is 4.17. The zero-order valence-electron chi connectivity index (χ0n) is 9.85. The van der Waals surface area contributed by atoms with Crippen molar-refractivity contribution in [2.24, 2.45) is 5.92 Å². The van der Waals surface area contributed by atoms with Crippen LogP contribution in [0.3, 0.4) is 0 Å². The fourth-order valence-electron chi connectivity index (χ4n) is 1.45. The third-order valence-electron chi connectivity index (χ3n) is 2.97. The van der Waals surface area contributed by atoms with Crippen molar-refractivity contribution in [1.82, 2.24) is 0 Å². The van der Waals surface area contributed by atoms with E-state index in [-0.39, 0.29) is 11.7 Å². The van der Waals surface area contributed by atoms with Gasteiger partial charge in [0.1, 0.15) is 5.82 Å². The van der Waals surface area contributed by atoms with Gasteiger partial charge < -0.3 is 11.1 Å². The Morgan fingerprint density at radius 3 is 2.50 bits per heavy atom. The van der Waals surface area contributed by atoms with Gasteiger partial charge in [-0.2, -0.15) is 0 Å². The summed E-state index contributed by atoms with van der Waals surface area (Å²) in [5, 5.41) is 3.04. The normalized spacial score (nSPS) is 14.6. The van der Waals surface area contributed by atoms with Crippen LogP contribution in [0.15, 0.2) is 12.1 Å². The van der Waals surface area contributed by atoms with Gasteiger partial charge in [0.05, 0.1) is 11.4 Å². The lowest BCUT2D eigenvalue weighted by molar-refractivity contribution is 0.494. The fourth-order valence-corrected chi connectivity index (χ4v) is 1.45. The van der Waals surface area contributed by atoms with Crippen LogP contribution < -0.4 is 11.1 Å². The molecular weight excluding hydrogens is 210 g/mol. The number of halogens is 2. The van der Waals surface area contributed by atoms with Gasteiger partial charge in [-0.05, 0) is 18.9 Å². The van der Waals surface area contributed by atoms with Crippen molar-refractivity contribution in [1.29, 1.82) is 0 Å². The van der Waals surface area contributed by atoms with Gasteiger partial charge in [-0.25, -0.2) is 8.78 Å². The first-order chi connectivity index (χ1) is 7.45. The highest BCUT2D eigenvalue weighted by Gasteiger charge is 2.14. The number of benzene rings is 1. The van der Waals surface area contributed by atoms with E-state index in [4.69, 9.17) is 5.73 Å². The quantitative estimate of drug-likeness (QED) is 0.775. The maximum atomic E-state index is 13.2. The Morgan fingerprint density at radius 2 is 1.94 bits per heavy atom. The summed E-state index contributed by atoms with van der Waals surface area (Å²) in [4.78, 5) is 0. The Morgan fingerprint density at radius 1 is 1.31 bits per heavy atom. The molecule has 0 aromatic heterocycles. The van der Waals surface area contributed by atoms with Crippen molar-refractivity contribution >= 4 is 11.4 Å². The summed E-state index contributed by atoms with van der Waals surface area (Å²) >= 11 is 0. The van der Waals surface area contributed by atoms with Crippen LogP contribution in [0.5, 0.6) is 0 Å². The zero-order chi connectivity index (χ0) is 12.3. The minimum Gasteiger partial charge on any atom is -0.395 e. The number of nitrogen functional groups attached to an aromatic ring is 1. The third-order valence-corrected chi connectivity index (χ3v) is 2.97. The number of nitrogens with one attached hydrogen (secondary N) is 1. The molecule has 1 aromatic carbocycles. The molecule has 0 amide bonds. The van der Waals surface area contributed by atoms with E-state index in [1.165, 1.54) is 6.07 Å². The lowest BCUT2D eigenvalue weighted by Crippen LogP contribution is -2.24. The van der Waals surface area contributed by atoms with Gasteiger partial charge >= 0.3 is 0 Å². The molecule has 0 heterocycles. The van der Waals surface area contributed by atoms with Crippen LogP contribution in [0.2, 0.25) is 0 Å². The van der Waals surface area contributed by atoms with Gasteiger partial charge in [0.2, 0.25) is 0 Å². The van der Waals surface area contributed by atoms with Crippen LogP contribution >= 0.6 is 0 Å². The SMILES string of the molecule is CCC(C)C(C)Nc1cc(F)cc(F)c1N. The molecule has 0 aliphatic carbocycles. The molecule has 1 aromatic rings. The van der Waals surface area contributed by atoms with E-state index in [2.05, 4.69) is 19.2 Å². The molecule has 0 spiro atoms. The topological polar surface area (TPSA) is 38.0 Å². The predicted octanol–water partition coefficient (Wildman–Crippen LogP) is 3.39. The third kappa shape index (κ3) is 2.84. The number of anilines is 2. The van der Waals surface area contributed by atoms with Crippen LogP contribution in [-0.2, 0) is 0 Å². The highest BCUT2D eigenvalue weighted by Crippen LogP contribution is 2.25. The summed E-state index contributed by atoms with van der Waals surface area (Å²) in [5.74, 6) is -0.935. The van der Waals surface area contributed by atoms with Gasteiger partial charge in [0.15, 0.2) is 5.82 Å². The molecule has 2 unspecified atom stereocenters. The van der Waals surface area contributed by atoms with Crippen LogP contribution in [0.25, 0.3) is 0 Å². The molecule has 0 aliphatic heterocycles. The van der Waals surface area contributed by atoms with E-state index in [0.29, 0.717) is 11.6 Å². The van der Waals surface area contributed by atoms with Gasteiger partial charge in [-0.1, -0.05) is 20.3 Å². The van der Waals surface area contributed by atoms with E-state index in [9.17, 15) is 8.78 Å². The number of hydrogen-bond acceptors (Lipinski definition) is 2. The first-order valence-corrected chi connectivity index (χ1v) is 5.46. The van der Waals surface area contributed by atoms with Gasteiger partial charge in [-0.3, -0.25) is 0 Å². The predicted molar refractivity (Wildman–Crippen MR) is 63.3 cm³/mol. The Balaban J connectivity index is 2.88. The largest absolute Gasteiger partial charge is 0.395 e. The van der Waals surface area contributed by atoms with Crippen LogP contribution in [-0.4, -0.2) is 6.04 Å². The molecule has 2 nitrogen and oxygen atoms in total. The van der Waals surface area contributed by atoms with Crippen LogP contribution in [0, 0.1) is 17.6 Å². The molecule has 16 heavy (non-hydrogen) atoms. The van der Waals surface area contributed by atoms with Crippen molar-refractivity contribution in [2.75, 3.05) is 11.1 Å². The minimum absolute atomic E-state index is 0.0310. The average Bonchev–Trinajstić information content (AvgIpc) is 2.23. The standard InChI is InChI=1S/C12H18F2N2/c1-4-7(2)8(3)16-11-6-9(13)5-10(14)12(11)15/h5-8,16H,4,15H2,1-3H3. The van der Waals surface area contributed by atoms with Crippen molar-refractivity contribution in [3.63, 3.8) is 0 Å². The van der Waals surface area contributed by atoms with Gasteiger partial charge in [0, 0.05) is 12.1 Å². The summed E-state index contributed by atoms with van der Waals surface area (Å²) < 4.78 is 26.2. The Hall–Kier alpha value is -1.32. The van der Waals surface area contributed by atoms with Crippen LogP contribution in [0.4, 0.5) is 20.2 Å². The van der Waals surface area contributed by atoms with E-state index >= 15 is 0 Å². The lowest BCUT2D eigenvalue weighted by atomic mass is 10.0. The van der Waals surface area contributed by atoms with E-state index < -0.39 is 11.6 Å².